The van der Waals surface area contributed by atoms with Crippen LogP contribution in [-0.4, -0.2) is 6.54 Å². The zero-order chi connectivity index (χ0) is 14.8. The predicted octanol–water partition coefficient (Wildman–Crippen LogP) is 4.58. The fraction of sp³-hybridized carbons (Fsp3) is 0.294. The number of nitrogens with two attached hydrogens (primary N) is 1. The molecule has 0 saturated heterocycles. The summed E-state index contributed by atoms with van der Waals surface area (Å²) < 4.78 is 13.7. The maximum absolute atomic E-state index is 13.3. The highest BCUT2D eigenvalue weighted by Crippen LogP contribution is 2.40. The average Bonchev–Trinajstić information content (AvgIpc) is 3.33. The molecular formula is C17H18BrFN2. The van der Waals surface area contributed by atoms with Gasteiger partial charge in [0.25, 0.3) is 0 Å². The zero-order valence-electron chi connectivity index (χ0n) is 11.7. The molecule has 0 radical (unpaired) electrons. The fourth-order valence-electron chi connectivity index (χ4n) is 2.48. The van der Waals surface area contributed by atoms with Crippen molar-refractivity contribution in [3.8, 4) is 0 Å². The molecule has 1 saturated carbocycles. The molecule has 3 rings (SSSR count). The van der Waals surface area contributed by atoms with E-state index in [1.54, 1.807) is 12.1 Å². The van der Waals surface area contributed by atoms with Gasteiger partial charge < -0.3 is 11.1 Å². The topological polar surface area (TPSA) is 38.0 Å². The van der Waals surface area contributed by atoms with Gasteiger partial charge in [-0.15, -0.1) is 0 Å². The van der Waals surface area contributed by atoms with E-state index in [1.165, 1.54) is 24.5 Å². The second kappa shape index (κ2) is 6.16. The lowest BCUT2D eigenvalue weighted by molar-refractivity contribution is 0.621. The van der Waals surface area contributed by atoms with Crippen LogP contribution in [0.15, 0.2) is 46.9 Å². The Bertz CT molecular complexity index is 623. The van der Waals surface area contributed by atoms with Gasteiger partial charge in [0.2, 0.25) is 0 Å². The molecular weight excluding hydrogens is 331 g/mol. The first-order valence-electron chi connectivity index (χ1n) is 7.19. The summed E-state index contributed by atoms with van der Waals surface area (Å²) in [4.78, 5) is 0. The van der Waals surface area contributed by atoms with E-state index < -0.39 is 0 Å². The van der Waals surface area contributed by atoms with Crippen LogP contribution in [0.5, 0.6) is 0 Å². The quantitative estimate of drug-likeness (QED) is 0.829. The Morgan fingerprint density at radius 2 is 1.90 bits per heavy atom. The monoisotopic (exact) mass is 348 g/mol. The van der Waals surface area contributed by atoms with Crippen molar-refractivity contribution in [2.75, 3.05) is 11.9 Å². The zero-order valence-corrected chi connectivity index (χ0v) is 13.2. The van der Waals surface area contributed by atoms with Gasteiger partial charge in [0.15, 0.2) is 0 Å². The van der Waals surface area contributed by atoms with Crippen LogP contribution in [0.4, 0.5) is 10.1 Å². The Labute approximate surface area is 132 Å². The third-order valence-corrected chi connectivity index (χ3v) is 4.49. The van der Waals surface area contributed by atoms with E-state index in [1.807, 2.05) is 0 Å². The lowest BCUT2D eigenvalue weighted by Gasteiger charge is -2.19. The van der Waals surface area contributed by atoms with E-state index in [0.29, 0.717) is 11.0 Å². The van der Waals surface area contributed by atoms with E-state index in [2.05, 4.69) is 45.5 Å². The minimum Gasteiger partial charge on any atom is -0.377 e. The van der Waals surface area contributed by atoms with Crippen molar-refractivity contribution in [1.29, 1.82) is 0 Å². The molecule has 1 fully saturated rings. The van der Waals surface area contributed by atoms with Gasteiger partial charge in [0.05, 0.1) is 10.5 Å². The van der Waals surface area contributed by atoms with Crippen LogP contribution in [0, 0.1) is 5.82 Å². The third kappa shape index (κ3) is 3.44. The van der Waals surface area contributed by atoms with Crippen molar-refractivity contribution in [2.24, 2.45) is 5.73 Å². The maximum Gasteiger partial charge on any atom is 0.137 e. The van der Waals surface area contributed by atoms with Crippen LogP contribution in [0.25, 0.3) is 0 Å². The third-order valence-electron chi connectivity index (χ3n) is 3.88. The Morgan fingerprint density at radius 3 is 2.48 bits per heavy atom. The number of halogens is 2. The molecule has 0 heterocycles. The van der Waals surface area contributed by atoms with Gasteiger partial charge in [-0.1, -0.05) is 24.3 Å². The summed E-state index contributed by atoms with van der Waals surface area (Å²) in [6, 6.07) is 13.6. The summed E-state index contributed by atoms with van der Waals surface area (Å²) in [7, 11) is 0. The van der Waals surface area contributed by atoms with Gasteiger partial charge in [-0.3, -0.25) is 0 Å². The van der Waals surface area contributed by atoms with Crippen molar-refractivity contribution in [1.82, 2.24) is 0 Å². The van der Waals surface area contributed by atoms with Crippen molar-refractivity contribution in [2.45, 2.75) is 24.8 Å². The van der Waals surface area contributed by atoms with Gasteiger partial charge in [-0.25, -0.2) is 4.39 Å². The minimum absolute atomic E-state index is 0.0237. The van der Waals surface area contributed by atoms with Crippen molar-refractivity contribution < 1.29 is 4.39 Å². The summed E-state index contributed by atoms with van der Waals surface area (Å²) in [6.45, 7) is 0.484. The molecule has 0 bridgehead atoms. The van der Waals surface area contributed by atoms with Gasteiger partial charge >= 0.3 is 0 Å². The molecule has 2 aromatic carbocycles. The molecule has 110 valence electrons. The average molecular weight is 349 g/mol. The van der Waals surface area contributed by atoms with Gasteiger partial charge in [-0.2, -0.15) is 0 Å². The summed E-state index contributed by atoms with van der Waals surface area (Å²) in [5.74, 6) is 0.495. The standard InChI is InChI=1S/C17H18BrFN2/c18-15-9-14(7-8-16(15)19)21-17(10-20)13-5-3-12(4-6-13)11-1-2-11/h3-9,11,17,21H,1-2,10,20H2. The first-order valence-corrected chi connectivity index (χ1v) is 7.98. The van der Waals surface area contributed by atoms with Crippen LogP contribution < -0.4 is 11.1 Å². The molecule has 0 aliphatic heterocycles. The predicted molar refractivity (Wildman–Crippen MR) is 87.9 cm³/mol. The van der Waals surface area contributed by atoms with Crippen LogP contribution in [-0.2, 0) is 0 Å². The smallest absolute Gasteiger partial charge is 0.137 e. The summed E-state index contributed by atoms with van der Waals surface area (Å²) >= 11 is 3.20. The molecule has 1 unspecified atom stereocenters. The molecule has 1 aliphatic rings. The number of nitrogens with one attached hydrogen (secondary N) is 1. The summed E-state index contributed by atoms with van der Waals surface area (Å²) in [6.07, 6.45) is 2.61. The lowest BCUT2D eigenvalue weighted by Crippen LogP contribution is -2.20. The number of rotatable bonds is 5. The number of anilines is 1. The number of benzene rings is 2. The highest BCUT2D eigenvalue weighted by atomic mass is 79.9. The van der Waals surface area contributed by atoms with Crippen molar-refractivity contribution >= 4 is 21.6 Å². The molecule has 4 heteroatoms. The van der Waals surface area contributed by atoms with Gasteiger partial charge in [0, 0.05) is 12.2 Å². The number of hydrogen-bond donors (Lipinski definition) is 2. The fourth-order valence-corrected chi connectivity index (χ4v) is 2.86. The Balaban J connectivity index is 1.75. The van der Waals surface area contributed by atoms with E-state index >= 15 is 0 Å². The van der Waals surface area contributed by atoms with Crippen LogP contribution in [0.2, 0.25) is 0 Å². The molecule has 3 N–H and O–H groups in total. The highest BCUT2D eigenvalue weighted by molar-refractivity contribution is 9.10. The molecule has 21 heavy (non-hydrogen) atoms. The SMILES string of the molecule is NCC(Nc1ccc(F)c(Br)c1)c1ccc(C2CC2)cc1. The van der Waals surface area contributed by atoms with Crippen LogP contribution in [0.1, 0.15) is 35.9 Å². The van der Waals surface area contributed by atoms with E-state index in [4.69, 9.17) is 5.73 Å². The van der Waals surface area contributed by atoms with Crippen molar-refractivity contribution in [3.63, 3.8) is 0 Å². The second-order valence-corrected chi connectivity index (χ2v) is 6.36. The Morgan fingerprint density at radius 1 is 1.19 bits per heavy atom. The second-order valence-electron chi connectivity index (χ2n) is 5.50. The molecule has 1 atom stereocenters. The van der Waals surface area contributed by atoms with E-state index in [9.17, 15) is 4.39 Å². The van der Waals surface area contributed by atoms with Gasteiger partial charge in [-0.05, 0) is 64.0 Å². The summed E-state index contributed by atoms with van der Waals surface area (Å²) in [5.41, 5.74) is 9.31. The minimum atomic E-state index is -0.265. The Hall–Kier alpha value is -1.39. The first-order chi connectivity index (χ1) is 10.2. The molecule has 2 nitrogen and oxygen atoms in total. The number of hydrogen-bond acceptors (Lipinski definition) is 2. The largest absolute Gasteiger partial charge is 0.377 e. The molecule has 0 amide bonds. The first kappa shape index (κ1) is 14.5. The molecule has 0 aromatic heterocycles. The van der Waals surface area contributed by atoms with E-state index in [-0.39, 0.29) is 11.9 Å². The van der Waals surface area contributed by atoms with E-state index in [0.717, 1.165) is 17.2 Å². The normalized spacial score (nSPS) is 15.8. The van der Waals surface area contributed by atoms with Crippen LogP contribution >= 0.6 is 15.9 Å². The maximum atomic E-state index is 13.3. The molecule has 2 aromatic rings. The highest BCUT2D eigenvalue weighted by Gasteiger charge is 2.23. The summed E-state index contributed by atoms with van der Waals surface area (Å²) in [5, 5.41) is 3.36. The Kier molecular flexibility index (Phi) is 4.27. The molecule has 0 spiro atoms. The van der Waals surface area contributed by atoms with Crippen LogP contribution in [0.3, 0.4) is 0 Å². The lowest BCUT2D eigenvalue weighted by atomic mass is 10.0. The molecule has 1 aliphatic carbocycles. The van der Waals surface area contributed by atoms with Crippen molar-refractivity contribution in [3.05, 3.63) is 63.9 Å². The van der Waals surface area contributed by atoms with Gasteiger partial charge in [0.1, 0.15) is 5.82 Å².